The number of hydrogen-bond acceptors (Lipinski definition) is 27. The second-order valence-corrected chi connectivity index (χ2v) is 19.7. The maximum atomic E-state index is 13.0. The molecule has 0 bridgehead atoms. The SMILES string of the molecule is O=C(/C=C/c1ccc(O)cc1)OC[C@H]1O[C@@H](O[C@H]2[C@H](Oc3cc4c(cc3O)C[C@@H](C(=O)O)N4/C=C/C3=CC(C(=O)O)=N[C@H](C(=O)O)C3)O[C@H](COC(=O)/C=C/c3ccc(O)c(O)c3)[C@@H](O)[C@@H]2O)[C@H](O[C@@H]2O[C@H](CO)[C@@H](O)[C@H](O)[C@H]2O)[C@@H](O)[C@@H]1O. The van der Waals surface area contributed by atoms with E-state index in [1.807, 2.05) is 0 Å². The van der Waals surface area contributed by atoms with Crippen LogP contribution in [0.3, 0.4) is 0 Å². The zero-order valence-corrected chi connectivity index (χ0v) is 43.5. The Bertz CT molecular complexity index is 3070. The van der Waals surface area contributed by atoms with E-state index in [4.69, 9.17) is 37.9 Å². The molecule has 5 heterocycles. The van der Waals surface area contributed by atoms with Crippen LogP contribution in [0.25, 0.3) is 12.2 Å². The number of allylic oxidation sites excluding steroid dienone is 1. The molecule has 0 amide bonds. The van der Waals surface area contributed by atoms with Crippen molar-refractivity contribution in [3.63, 3.8) is 0 Å². The number of aliphatic hydroxyl groups excluding tert-OH is 8. The summed E-state index contributed by atoms with van der Waals surface area (Å²) in [6.45, 7) is -2.68. The fraction of sp³-hybridized carbons (Fsp3) is 0.407. The quantitative estimate of drug-likeness (QED) is 0.0316. The lowest BCUT2D eigenvalue weighted by Gasteiger charge is -2.48. The molecule has 30 nitrogen and oxygen atoms in total. The molecule has 15 N–H and O–H groups in total. The number of esters is 2. The van der Waals surface area contributed by atoms with E-state index in [2.05, 4.69) is 4.99 Å². The minimum Gasteiger partial charge on any atom is -0.508 e. The van der Waals surface area contributed by atoms with E-state index in [9.17, 15) is 101 Å². The van der Waals surface area contributed by atoms with Gasteiger partial charge in [-0.25, -0.2) is 24.0 Å². The van der Waals surface area contributed by atoms with Crippen LogP contribution >= 0.6 is 0 Å². The van der Waals surface area contributed by atoms with Crippen LogP contribution < -0.4 is 9.64 Å². The number of phenolic OH excluding ortho intramolecular Hbond substituents is 4. The zero-order valence-electron chi connectivity index (χ0n) is 43.5. The predicted molar refractivity (Wildman–Crippen MR) is 277 cm³/mol. The predicted octanol–water partition coefficient (Wildman–Crippen LogP) is -2.50. The Morgan fingerprint density at radius 1 is 0.595 bits per heavy atom. The highest BCUT2D eigenvalue weighted by atomic mass is 16.8. The van der Waals surface area contributed by atoms with Gasteiger partial charge in [-0.2, -0.15) is 0 Å². The average molecular weight is 1180 g/mol. The lowest BCUT2D eigenvalue weighted by atomic mass is 9.96. The molecule has 5 aliphatic heterocycles. The van der Waals surface area contributed by atoms with E-state index in [1.54, 1.807) is 0 Å². The van der Waals surface area contributed by atoms with Gasteiger partial charge in [0.05, 0.1) is 6.61 Å². The molecule has 0 unspecified atom stereocenters. The number of dihydropyridines is 1. The van der Waals surface area contributed by atoms with Crippen molar-refractivity contribution in [1.29, 1.82) is 0 Å². The van der Waals surface area contributed by atoms with Crippen molar-refractivity contribution in [3.8, 4) is 28.7 Å². The highest BCUT2D eigenvalue weighted by Gasteiger charge is 2.55. The van der Waals surface area contributed by atoms with Crippen molar-refractivity contribution >= 4 is 53.4 Å². The summed E-state index contributed by atoms with van der Waals surface area (Å²) in [7, 11) is 0. The van der Waals surface area contributed by atoms with Gasteiger partial charge in [0, 0.05) is 42.9 Å². The molecule has 5 aliphatic rings. The zero-order chi connectivity index (χ0) is 60.8. The van der Waals surface area contributed by atoms with Crippen LogP contribution in [0.5, 0.6) is 28.7 Å². The standard InChI is InChI=1S/C54H58N2O28/c57-19-35-40(64)43(67)46(70)52(80-35)83-48-45(69)42(66)37(21-77-38(62)9-4-22-1-6-26(58)7-2-22)82-54(48)84-47-44(68)41(65)36(20-78-39(63)10-5-23-3-8-31(59)32(60)15-23)81-53(47)79-34-18-29-25(17-33(34)61)16-30(51(75)76)56(29)12-11-24-13-27(49(71)72)55-28(14-24)50(73)74/h1-13,15,17-18,28,30,35-37,40-48,52-54,57-61,64-70H,14,16,19-21H2,(H,71,72)(H,73,74)(H,75,76)/b9-4+,10-5+,12-11+/t28-,30-,35+,36+,37+,40+,41+,42+,43-,44-,45-,46+,47+,48+,52-,53+,54-/m0/s1. The number of aliphatic hydroxyl groups is 8. The number of rotatable bonds is 20. The van der Waals surface area contributed by atoms with Crippen molar-refractivity contribution in [1.82, 2.24) is 0 Å². The first-order chi connectivity index (χ1) is 39.9. The second kappa shape index (κ2) is 26.7. The first kappa shape index (κ1) is 62.0. The number of fused-ring (bicyclic) bond motifs is 1. The molecular weight excluding hydrogens is 1120 g/mol. The number of aliphatic carboxylic acids is 3. The van der Waals surface area contributed by atoms with Gasteiger partial charge in [0.25, 0.3) is 0 Å². The molecular formula is C54H58N2O28. The van der Waals surface area contributed by atoms with E-state index in [1.165, 1.54) is 59.7 Å². The Morgan fingerprint density at radius 3 is 1.76 bits per heavy atom. The number of benzene rings is 3. The molecule has 452 valence electrons. The lowest BCUT2D eigenvalue weighted by molar-refractivity contribution is -0.389. The third-order valence-electron chi connectivity index (χ3n) is 13.9. The van der Waals surface area contributed by atoms with Gasteiger partial charge in [-0.15, -0.1) is 0 Å². The van der Waals surface area contributed by atoms with Crippen LogP contribution in [0.1, 0.15) is 23.1 Å². The van der Waals surface area contributed by atoms with Crippen molar-refractivity contribution in [2.24, 2.45) is 4.99 Å². The van der Waals surface area contributed by atoms with E-state index in [0.29, 0.717) is 5.56 Å². The molecule has 8 rings (SSSR count). The summed E-state index contributed by atoms with van der Waals surface area (Å²) >= 11 is 0. The molecule has 3 aromatic rings. The summed E-state index contributed by atoms with van der Waals surface area (Å²) in [4.78, 5) is 67.2. The summed E-state index contributed by atoms with van der Waals surface area (Å²) in [5.74, 6) is -8.74. The van der Waals surface area contributed by atoms with Gasteiger partial charge in [0.2, 0.25) is 6.29 Å². The van der Waals surface area contributed by atoms with Gasteiger partial charge < -0.3 is 119 Å². The number of anilines is 1. The summed E-state index contributed by atoms with van der Waals surface area (Å²) < 4.78 is 46.4. The van der Waals surface area contributed by atoms with Gasteiger partial charge in [0.15, 0.2) is 47.7 Å². The molecule has 3 saturated heterocycles. The Kier molecular flexibility index (Phi) is 19.7. The normalized spacial score (nSPS) is 31.5. The number of carbonyl (C=O) groups is 5. The smallest absolute Gasteiger partial charge is 0.354 e. The summed E-state index contributed by atoms with van der Waals surface area (Å²) in [6.07, 6.45) is -23.3. The fourth-order valence-corrected chi connectivity index (χ4v) is 9.40. The third-order valence-corrected chi connectivity index (χ3v) is 13.9. The molecule has 3 fully saturated rings. The Hall–Kier alpha value is -8.08. The van der Waals surface area contributed by atoms with Crippen LogP contribution in [0, 0.1) is 0 Å². The molecule has 0 saturated carbocycles. The second-order valence-electron chi connectivity index (χ2n) is 19.7. The van der Waals surface area contributed by atoms with E-state index in [-0.39, 0.29) is 41.0 Å². The van der Waals surface area contributed by atoms with Gasteiger partial charge in [0.1, 0.15) is 97.9 Å². The number of phenols is 4. The van der Waals surface area contributed by atoms with Crippen molar-refractivity contribution < 1.29 is 138 Å². The number of carboxylic acids is 3. The van der Waals surface area contributed by atoms with Crippen molar-refractivity contribution in [2.75, 3.05) is 24.7 Å². The van der Waals surface area contributed by atoms with E-state index >= 15 is 0 Å². The molecule has 3 aromatic carbocycles. The van der Waals surface area contributed by atoms with Crippen LogP contribution in [-0.2, 0) is 63.6 Å². The van der Waals surface area contributed by atoms with Crippen LogP contribution in [0.4, 0.5) is 5.69 Å². The Balaban J connectivity index is 1.12. The maximum Gasteiger partial charge on any atom is 0.354 e. The number of aliphatic imine (C=N–C) groups is 1. The van der Waals surface area contributed by atoms with E-state index < -0.39 is 183 Å². The number of nitrogens with zero attached hydrogens (tertiary/aromatic N) is 2. The minimum absolute atomic E-state index is 0.0221. The van der Waals surface area contributed by atoms with Crippen LogP contribution in [-0.4, -0.2) is 236 Å². The lowest BCUT2D eigenvalue weighted by Crippen LogP contribution is -2.67. The highest BCUT2D eigenvalue weighted by Crippen LogP contribution is 2.43. The third kappa shape index (κ3) is 14.3. The van der Waals surface area contributed by atoms with Gasteiger partial charge in [-0.3, -0.25) is 4.99 Å². The Morgan fingerprint density at radius 2 is 1.17 bits per heavy atom. The van der Waals surface area contributed by atoms with Gasteiger partial charge in [-0.1, -0.05) is 18.2 Å². The molecule has 0 aromatic heterocycles. The van der Waals surface area contributed by atoms with Crippen LogP contribution in [0.2, 0.25) is 0 Å². The monoisotopic (exact) mass is 1180 g/mol. The van der Waals surface area contributed by atoms with Gasteiger partial charge >= 0.3 is 29.8 Å². The topological polar surface area (TPSA) is 478 Å². The van der Waals surface area contributed by atoms with Crippen molar-refractivity contribution in [2.45, 2.75) is 117 Å². The number of ether oxygens (including phenoxy) is 8. The maximum absolute atomic E-state index is 13.0. The van der Waals surface area contributed by atoms with E-state index in [0.717, 1.165) is 42.5 Å². The Labute approximate surface area is 473 Å². The average Bonchev–Trinajstić information content (AvgIpc) is 1.97. The molecule has 30 heteroatoms. The number of aromatic hydroxyl groups is 4. The molecule has 17 atom stereocenters. The summed E-state index contributed by atoms with van der Waals surface area (Å²) in [6, 6.07) is 8.56. The number of carboxylic acid groups (broad SMARTS) is 3. The van der Waals surface area contributed by atoms with Gasteiger partial charge in [-0.05, 0) is 76.9 Å². The molecule has 0 radical (unpaired) electrons. The minimum atomic E-state index is -2.27. The first-order valence-corrected chi connectivity index (χ1v) is 25.5. The summed E-state index contributed by atoms with van der Waals surface area (Å²) in [5, 5.41) is 159. The number of hydrogen-bond donors (Lipinski definition) is 15. The fourth-order valence-electron chi connectivity index (χ4n) is 9.40. The number of carbonyl (C=O) groups excluding carboxylic acids is 2. The molecule has 84 heavy (non-hydrogen) atoms. The highest BCUT2D eigenvalue weighted by molar-refractivity contribution is 6.41. The molecule has 0 spiro atoms. The molecule has 0 aliphatic carbocycles. The summed E-state index contributed by atoms with van der Waals surface area (Å²) in [5.41, 5.74) is 0.431. The van der Waals surface area contributed by atoms with Crippen LogP contribution in [0.15, 0.2) is 95.7 Å². The van der Waals surface area contributed by atoms with Crippen molar-refractivity contribution in [3.05, 3.63) is 107 Å². The largest absolute Gasteiger partial charge is 0.508 e. The first-order valence-electron chi connectivity index (χ1n) is 25.5.